The first-order valence-corrected chi connectivity index (χ1v) is 5.65. The Morgan fingerprint density at radius 1 is 1.38 bits per heavy atom. The van der Waals surface area contributed by atoms with E-state index in [1.165, 1.54) is 12.1 Å². The van der Waals surface area contributed by atoms with Gasteiger partial charge in [-0.15, -0.1) is 0 Å². The Morgan fingerprint density at radius 2 is 2.06 bits per heavy atom. The van der Waals surface area contributed by atoms with Gasteiger partial charge in [0.2, 0.25) is 0 Å². The summed E-state index contributed by atoms with van der Waals surface area (Å²) in [5.74, 6) is 0. The molecule has 0 radical (unpaired) electrons. The minimum absolute atomic E-state index is 0.0476. The third kappa shape index (κ3) is 2.40. The highest BCUT2D eigenvalue weighted by molar-refractivity contribution is 9.10. The number of benzene rings is 1. The van der Waals surface area contributed by atoms with E-state index in [0.29, 0.717) is 17.7 Å². The fourth-order valence-electron chi connectivity index (χ4n) is 1.49. The molecule has 1 aliphatic heterocycles. The van der Waals surface area contributed by atoms with Crippen molar-refractivity contribution in [3.05, 3.63) is 38.3 Å². The molecule has 0 spiro atoms. The van der Waals surface area contributed by atoms with E-state index in [2.05, 4.69) is 15.9 Å². The van der Waals surface area contributed by atoms with E-state index in [1.807, 2.05) is 0 Å². The fraction of sp³-hybridized carbons (Fsp3) is 0.400. The van der Waals surface area contributed by atoms with Crippen molar-refractivity contribution in [1.82, 2.24) is 0 Å². The van der Waals surface area contributed by atoms with E-state index >= 15 is 0 Å². The summed E-state index contributed by atoms with van der Waals surface area (Å²) in [5, 5.41) is 10.6. The third-order valence-corrected chi connectivity index (χ3v) is 2.96. The Hall–Kier alpha value is -0.980. The number of nitro groups is 1. The molecule has 2 rings (SSSR count). The van der Waals surface area contributed by atoms with Gasteiger partial charge in [0.05, 0.1) is 18.1 Å². The van der Waals surface area contributed by atoms with Gasteiger partial charge in [-0.3, -0.25) is 10.1 Å². The van der Waals surface area contributed by atoms with Crippen LogP contribution in [0.25, 0.3) is 0 Å². The van der Waals surface area contributed by atoms with E-state index in [9.17, 15) is 10.1 Å². The molecule has 0 amide bonds. The summed E-state index contributed by atoms with van der Waals surface area (Å²) < 4.78 is 11.5. The topological polar surface area (TPSA) is 61.6 Å². The number of nitrogens with zero attached hydrogens (tertiary/aromatic N) is 1. The van der Waals surface area contributed by atoms with Crippen molar-refractivity contribution >= 4 is 21.6 Å². The standard InChI is InChI=1S/C10H10BrNO4/c11-9-6-7(12(13)14)2-3-8(9)10-15-4-1-5-16-10/h2-3,6,10H,1,4-5H2. The number of ether oxygens (including phenoxy) is 2. The minimum Gasteiger partial charge on any atom is -0.348 e. The Balaban J connectivity index is 2.24. The molecule has 0 bridgehead atoms. The predicted molar refractivity (Wildman–Crippen MR) is 60.1 cm³/mol. The second kappa shape index (κ2) is 4.90. The average Bonchev–Trinajstić information content (AvgIpc) is 2.30. The average molecular weight is 288 g/mol. The number of rotatable bonds is 2. The summed E-state index contributed by atoms with van der Waals surface area (Å²) >= 11 is 3.29. The van der Waals surface area contributed by atoms with Crippen LogP contribution in [-0.4, -0.2) is 18.1 Å². The number of hydrogen-bond donors (Lipinski definition) is 0. The van der Waals surface area contributed by atoms with Crippen molar-refractivity contribution in [2.45, 2.75) is 12.7 Å². The van der Waals surface area contributed by atoms with Gasteiger partial charge < -0.3 is 9.47 Å². The number of halogens is 1. The Labute approximate surface area is 101 Å². The molecule has 6 heteroatoms. The molecule has 0 aromatic heterocycles. The van der Waals surface area contributed by atoms with Gasteiger partial charge in [-0.2, -0.15) is 0 Å². The maximum atomic E-state index is 10.6. The molecule has 1 aliphatic rings. The van der Waals surface area contributed by atoms with E-state index < -0.39 is 11.2 Å². The van der Waals surface area contributed by atoms with Crippen LogP contribution in [0.2, 0.25) is 0 Å². The van der Waals surface area contributed by atoms with Crippen molar-refractivity contribution in [3.8, 4) is 0 Å². The molecule has 0 saturated carbocycles. The molecule has 5 nitrogen and oxygen atoms in total. The highest BCUT2D eigenvalue weighted by atomic mass is 79.9. The van der Waals surface area contributed by atoms with Gasteiger partial charge in [0.15, 0.2) is 6.29 Å². The van der Waals surface area contributed by atoms with Crippen LogP contribution < -0.4 is 0 Å². The van der Waals surface area contributed by atoms with Crippen LogP contribution in [0.3, 0.4) is 0 Å². The third-order valence-electron chi connectivity index (χ3n) is 2.28. The Morgan fingerprint density at radius 3 is 2.62 bits per heavy atom. The van der Waals surface area contributed by atoms with Gasteiger partial charge in [-0.1, -0.05) is 15.9 Å². The lowest BCUT2D eigenvalue weighted by molar-refractivity contribution is -0.385. The molecule has 0 unspecified atom stereocenters. The zero-order chi connectivity index (χ0) is 11.5. The summed E-state index contributed by atoms with van der Waals surface area (Å²) in [7, 11) is 0. The maximum Gasteiger partial charge on any atom is 0.270 e. The van der Waals surface area contributed by atoms with Crippen LogP contribution in [0.4, 0.5) is 5.69 Å². The molecule has 86 valence electrons. The van der Waals surface area contributed by atoms with Gasteiger partial charge in [0.1, 0.15) is 0 Å². The van der Waals surface area contributed by atoms with E-state index in [1.54, 1.807) is 6.07 Å². The molecule has 1 aromatic carbocycles. The van der Waals surface area contributed by atoms with E-state index in [4.69, 9.17) is 9.47 Å². The van der Waals surface area contributed by atoms with Gasteiger partial charge in [-0.05, 0) is 12.5 Å². The summed E-state index contributed by atoms with van der Waals surface area (Å²) in [4.78, 5) is 10.1. The first-order chi connectivity index (χ1) is 7.68. The summed E-state index contributed by atoms with van der Waals surface area (Å²) in [6, 6.07) is 4.55. The quantitative estimate of drug-likeness (QED) is 0.620. The second-order valence-electron chi connectivity index (χ2n) is 3.39. The molecule has 1 aromatic rings. The van der Waals surface area contributed by atoms with Gasteiger partial charge in [0, 0.05) is 22.2 Å². The van der Waals surface area contributed by atoms with Crippen LogP contribution in [0.15, 0.2) is 22.7 Å². The highest BCUT2D eigenvalue weighted by Gasteiger charge is 2.20. The maximum absolute atomic E-state index is 10.6. The van der Waals surface area contributed by atoms with Crippen molar-refractivity contribution in [2.24, 2.45) is 0 Å². The van der Waals surface area contributed by atoms with Gasteiger partial charge >= 0.3 is 0 Å². The largest absolute Gasteiger partial charge is 0.348 e. The van der Waals surface area contributed by atoms with Crippen LogP contribution in [0.5, 0.6) is 0 Å². The fourth-order valence-corrected chi connectivity index (χ4v) is 2.04. The number of hydrogen-bond acceptors (Lipinski definition) is 4. The number of non-ortho nitro benzene ring substituents is 1. The lowest BCUT2D eigenvalue weighted by Crippen LogP contribution is -2.18. The molecular weight excluding hydrogens is 278 g/mol. The minimum atomic E-state index is -0.433. The van der Waals surface area contributed by atoms with Crippen LogP contribution in [0.1, 0.15) is 18.3 Å². The highest BCUT2D eigenvalue weighted by Crippen LogP contribution is 2.31. The Bertz CT molecular complexity index is 404. The van der Waals surface area contributed by atoms with Crippen molar-refractivity contribution in [2.75, 3.05) is 13.2 Å². The predicted octanol–water partition coefficient (Wildman–Crippen LogP) is 2.79. The van der Waals surface area contributed by atoms with Crippen LogP contribution in [-0.2, 0) is 9.47 Å². The molecule has 16 heavy (non-hydrogen) atoms. The van der Waals surface area contributed by atoms with Crippen LogP contribution in [0, 0.1) is 10.1 Å². The monoisotopic (exact) mass is 287 g/mol. The molecular formula is C10H10BrNO4. The molecule has 0 aliphatic carbocycles. The summed E-state index contributed by atoms with van der Waals surface area (Å²) in [6.07, 6.45) is 0.449. The van der Waals surface area contributed by atoms with Crippen molar-refractivity contribution in [1.29, 1.82) is 0 Å². The van der Waals surface area contributed by atoms with Gasteiger partial charge in [0.25, 0.3) is 5.69 Å². The molecule has 1 heterocycles. The van der Waals surface area contributed by atoms with E-state index in [0.717, 1.165) is 12.0 Å². The van der Waals surface area contributed by atoms with Crippen LogP contribution >= 0.6 is 15.9 Å². The molecule has 1 saturated heterocycles. The Kier molecular flexibility index (Phi) is 3.52. The summed E-state index contributed by atoms with van der Waals surface area (Å²) in [6.45, 7) is 1.29. The SMILES string of the molecule is O=[N+]([O-])c1ccc(C2OCCCO2)c(Br)c1. The normalized spacial score (nSPS) is 17.3. The van der Waals surface area contributed by atoms with Gasteiger partial charge in [-0.25, -0.2) is 0 Å². The van der Waals surface area contributed by atoms with E-state index in [-0.39, 0.29) is 5.69 Å². The smallest absolute Gasteiger partial charge is 0.270 e. The second-order valence-corrected chi connectivity index (χ2v) is 4.24. The van der Waals surface area contributed by atoms with Crippen molar-refractivity contribution < 1.29 is 14.4 Å². The first-order valence-electron chi connectivity index (χ1n) is 4.85. The van der Waals surface area contributed by atoms with Crippen molar-refractivity contribution in [3.63, 3.8) is 0 Å². The zero-order valence-corrected chi connectivity index (χ0v) is 9.97. The molecule has 0 N–H and O–H groups in total. The first kappa shape index (κ1) is 11.5. The number of nitro benzene ring substituents is 1. The summed E-state index contributed by atoms with van der Waals surface area (Å²) in [5.41, 5.74) is 0.830. The molecule has 0 atom stereocenters. The lowest BCUT2D eigenvalue weighted by atomic mass is 10.2. The zero-order valence-electron chi connectivity index (χ0n) is 8.39. The lowest BCUT2D eigenvalue weighted by Gasteiger charge is -2.24. The molecule has 1 fully saturated rings.